The predicted octanol–water partition coefficient (Wildman–Crippen LogP) is 2.97. The summed E-state index contributed by atoms with van der Waals surface area (Å²) >= 11 is 0.986. The number of rotatable bonds is 9. The first-order valence-electron chi connectivity index (χ1n) is 9.43. The third-order valence-electron chi connectivity index (χ3n) is 4.40. The number of amides is 2. The summed E-state index contributed by atoms with van der Waals surface area (Å²) in [7, 11) is 1.84. The number of carbonyl (C=O) groups is 3. The van der Waals surface area contributed by atoms with Gasteiger partial charge in [-0.05, 0) is 44.0 Å². The van der Waals surface area contributed by atoms with Crippen LogP contribution in [0.2, 0.25) is 0 Å². The van der Waals surface area contributed by atoms with Crippen LogP contribution in [0.5, 0.6) is 0 Å². The molecule has 0 radical (unpaired) electrons. The van der Waals surface area contributed by atoms with Crippen molar-refractivity contribution in [2.24, 2.45) is 5.73 Å². The molecule has 1 heterocycles. The second-order valence-corrected chi connectivity index (χ2v) is 7.76. The maximum absolute atomic E-state index is 12.5. The minimum Gasteiger partial charge on any atom is -0.462 e. The zero-order valence-corrected chi connectivity index (χ0v) is 18.0. The Kier molecular flexibility index (Phi) is 7.92. The number of ether oxygens (including phenoxy) is 1. The van der Waals surface area contributed by atoms with E-state index in [1.54, 1.807) is 13.8 Å². The smallest absolute Gasteiger partial charge is 0.341 e. The van der Waals surface area contributed by atoms with Gasteiger partial charge < -0.3 is 15.8 Å². The highest BCUT2D eigenvalue weighted by molar-refractivity contribution is 7.18. The lowest BCUT2D eigenvalue weighted by Crippen LogP contribution is -2.30. The van der Waals surface area contributed by atoms with Gasteiger partial charge in [-0.1, -0.05) is 31.2 Å². The van der Waals surface area contributed by atoms with Gasteiger partial charge in [0.05, 0.1) is 23.6 Å². The highest BCUT2D eigenvalue weighted by Crippen LogP contribution is 2.33. The van der Waals surface area contributed by atoms with E-state index in [0.717, 1.165) is 23.3 Å². The van der Waals surface area contributed by atoms with E-state index in [1.807, 2.05) is 24.1 Å². The van der Waals surface area contributed by atoms with Crippen LogP contribution in [0.1, 0.15) is 50.6 Å². The Labute approximate surface area is 174 Å². The van der Waals surface area contributed by atoms with Gasteiger partial charge in [-0.3, -0.25) is 14.5 Å². The number of benzene rings is 1. The number of nitrogens with one attached hydrogen (secondary N) is 1. The van der Waals surface area contributed by atoms with Crippen LogP contribution in [0.15, 0.2) is 24.3 Å². The number of anilines is 1. The van der Waals surface area contributed by atoms with Crippen LogP contribution < -0.4 is 11.1 Å². The Morgan fingerprint density at radius 1 is 1.14 bits per heavy atom. The molecule has 0 aliphatic heterocycles. The van der Waals surface area contributed by atoms with Crippen LogP contribution in [-0.2, 0) is 22.5 Å². The van der Waals surface area contributed by atoms with E-state index in [9.17, 15) is 14.4 Å². The molecular weight excluding hydrogens is 390 g/mol. The number of nitrogens with two attached hydrogens (primary N) is 1. The van der Waals surface area contributed by atoms with Crippen molar-refractivity contribution in [3.05, 3.63) is 51.4 Å². The average Bonchev–Trinajstić information content (AvgIpc) is 2.98. The summed E-state index contributed by atoms with van der Waals surface area (Å²) in [5, 5.41) is 3.01. The van der Waals surface area contributed by atoms with Crippen LogP contribution in [0.3, 0.4) is 0 Å². The summed E-state index contributed by atoms with van der Waals surface area (Å²) in [6.07, 6.45) is 0.981. The van der Waals surface area contributed by atoms with Crippen molar-refractivity contribution in [3.63, 3.8) is 0 Å². The summed E-state index contributed by atoms with van der Waals surface area (Å²) < 4.78 is 5.06. The van der Waals surface area contributed by atoms with E-state index in [1.165, 1.54) is 5.56 Å². The van der Waals surface area contributed by atoms with E-state index in [4.69, 9.17) is 10.5 Å². The van der Waals surface area contributed by atoms with Crippen LogP contribution >= 0.6 is 11.3 Å². The number of nitrogens with zero attached hydrogens (tertiary/aromatic N) is 1. The highest BCUT2D eigenvalue weighted by atomic mass is 32.1. The van der Waals surface area contributed by atoms with Crippen LogP contribution in [-0.4, -0.2) is 42.9 Å². The number of primary amides is 1. The minimum absolute atomic E-state index is 0.126. The fraction of sp³-hybridized carbons (Fsp3) is 0.381. The number of hydrogen-bond donors (Lipinski definition) is 2. The molecule has 8 heteroatoms. The lowest BCUT2D eigenvalue weighted by Gasteiger charge is -2.16. The van der Waals surface area contributed by atoms with E-state index < -0.39 is 11.9 Å². The zero-order chi connectivity index (χ0) is 21.6. The Hall–Kier alpha value is -2.71. The molecule has 0 saturated heterocycles. The highest BCUT2D eigenvalue weighted by Gasteiger charge is 2.25. The van der Waals surface area contributed by atoms with Crippen molar-refractivity contribution >= 4 is 34.1 Å². The van der Waals surface area contributed by atoms with Gasteiger partial charge in [-0.15, -0.1) is 11.3 Å². The van der Waals surface area contributed by atoms with Gasteiger partial charge in [0.2, 0.25) is 5.91 Å². The first-order valence-corrected chi connectivity index (χ1v) is 10.2. The second-order valence-electron chi connectivity index (χ2n) is 6.74. The molecule has 156 valence electrons. The minimum atomic E-state index is -0.647. The standard InChI is InChI=1S/C21H27N3O4S/c1-5-14-7-9-15(10-8-14)11-24(4)12-16(25)23-20-17(21(27)28-6-2)13(3)18(29-20)19(22)26/h7-10H,5-6,11-12H2,1-4H3,(H2,22,26)(H,23,25). The second kappa shape index (κ2) is 10.2. The number of aryl methyl sites for hydroxylation is 1. The fourth-order valence-electron chi connectivity index (χ4n) is 2.94. The Bertz CT molecular complexity index is 890. The SMILES string of the molecule is CCOC(=O)c1c(NC(=O)CN(C)Cc2ccc(CC)cc2)sc(C(N)=O)c1C. The summed E-state index contributed by atoms with van der Waals surface area (Å²) in [5.74, 6) is -1.53. The molecule has 1 aromatic heterocycles. The molecule has 2 rings (SSSR count). The molecule has 2 aromatic rings. The van der Waals surface area contributed by atoms with Gasteiger partial charge in [0.15, 0.2) is 0 Å². The van der Waals surface area contributed by atoms with Gasteiger partial charge in [-0.2, -0.15) is 0 Å². The van der Waals surface area contributed by atoms with Crippen molar-refractivity contribution in [3.8, 4) is 0 Å². The first kappa shape index (κ1) is 22.6. The van der Waals surface area contributed by atoms with Crippen molar-refractivity contribution < 1.29 is 19.1 Å². The molecule has 0 aliphatic carbocycles. The number of esters is 1. The average molecular weight is 418 g/mol. The molecule has 0 aliphatic rings. The number of likely N-dealkylation sites (N-methyl/N-ethyl adjacent to an activating group) is 1. The van der Waals surface area contributed by atoms with Gasteiger partial charge in [0.1, 0.15) is 5.00 Å². The van der Waals surface area contributed by atoms with Crippen LogP contribution in [0.25, 0.3) is 0 Å². The monoisotopic (exact) mass is 417 g/mol. The maximum atomic E-state index is 12.5. The van der Waals surface area contributed by atoms with Crippen LogP contribution in [0.4, 0.5) is 5.00 Å². The molecule has 1 aromatic carbocycles. The molecule has 0 unspecified atom stereocenters. The Morgan fingerprint density at radius 3 is 2.31 bits per heavy atom. The lowest BCUT2D eigenvalue weighted by atomic mass is 10.1. The Morgan fingerprint density at radius 2 is 1.76 bits per heavy atom. The van der Waals surface area contributed by atoms with Gasteiger partial charge >= 0.3 is 5.97 Å². The van der Waals surface area contributed by atoms with Crippen molar-refractivity contribution in [1.82, 2.24) is 4.90 Å². The topological polar surface area (TPSA) is 102 Å². The number of hydrogen-bond acceptors (Lipinski definition) is 6. The summed E-state index contributed by atoms with van der Waals surface area (Å²) in [5.41, 5.74) is 8.35. The largest absolute Gasteiger partial charge is 0.462 e. The first-order chi connectivity index (χ1) is 13.8. The molecule has 7 nitrogen and oxygen atoms in total. The van der Waals surface area contributed by atoms with E-state index in [2.05, 4.69) is 24.4 Å². The van der Waals surface area contributed by atoms with E-state index >= 15 is 0 Å². The predicted molar refractivity (Wildman–Crippen MR) is 114 cm³/mol. The summed E-state index contributed by atoms with van der Waals surface area (Å²) in [6.45, 7) is 6.33. The van der Waals surface area contributed by atoms with Crippen molar-refractivity contribution in [1.29, 1.82) is 0 Å². The molecule has 0 atom stereocenters. The molecule has 0 bridgehead atoms. The lowest BCUT2D eigenvalue weighted by molar-refractivity contribution is -0.117. The third-order valence-corrected chi connectivity index (χ3v) is 5.62. The van der Waals surface area contributed by atoms with Crippen molar-refractivity contribution in [2.75, 3.05) is 25.5 Å². The normalized spacial score (nSPS) is 10.8. The summed E-state index contributed by atoms with van der Waals surface area (Å²) in [4.78, 5) is 38.6. The molecule has 3 N–H and O–H groups in total. The Balaban J connectivity index is 2.09. The number of carbonyl (C=O) groups excluding carboxylic acids is 3. The third kappa shape index (κ3) is 5.88. The van der Waals surface area contributed by atoms with E-state index in [0.29, 0.717) is 12.1 Å². The van der Waals surface area contributed by atoms with Crippen LogP contribution in [0, 0.1) is 6.92 Å². The molecular formula is C21H27N3O4S. The fourth-order valence-corrected chi connectivity index (χ4v) is 4.01. The number of thiophene rings is 1. The maximum Gasteiger partial charge on any atom is 0.341 e. The quantitative estimate of drug-likeness (QED) is 0.611. The summed E-state index contributed by atoms with van der Waals surface area (Å²) in [6, 6.07) is 8.25. The van der Waals surface area contributed by atoms with Crippen molar-refractivity contribution in [2.45, 2.75) is 33.7 Å². The van der Waals surface area contributed by atoms with Gasteiger partial charge in [0, 0.05) is 6.54 Å². The molecule has 0 spiro atoms. The molecule has 29 heavy (non-hydrogen) atoms. The van der Waals surface area contributed by atoms with Gasteiger partial charge in [-0.25, -0.2) is 4.79 Å². The van der Waals surface area contributed by atoms with E-state index in [-0.39, 0.29) is 34.5 Å². The zero-order valence-electron chi connectivity index (χ0n) is 17.2. The van der Waals surface area contributed by atoms with Gasteiger partial charge in [0.25, 0.3) is 5.91 Å². The molecule has 0 fully saturated rings. The molecule has 2 amide bonds. The molecule has 0 saturated carbocycles.